The van der Waals surface area contributed by atoms with Crippen molar-refractivity contribution in [2.75, 3.05) is 27.2 Å². The summed E-state index contributed by atoms with van der Waals surface area (Å²) in [5.41, 5.74) is 2.98. The molecule has 1 heterocycles. The standard InChI is InChI=1S/C22H27NO3/c1-22(2)13-20(16-8-6-5-7-9-16)19-11-10-18(12-21(19)26-22)25-15-17(24)14-23(3)4/h5-13,17,24H,14-15H2,1-4H3. The zero-order chi connectivity index (χ0) is 18.7. The molecule has 4 nitrogen and oxygen atoms in total. The Morgan fingerprint density at radius 1 is 1.12 bits per heavy atom. The summed E-state index contributed by atoms with van der Waals surface area (Å²) in [6.07, 6.45) is 1.63. The molecule has 1 aliphatic heterocycles. The number of benzene rings is 2. The summed E-state index contributed by atoms with van der Waals surface area (Å²) in [6.45, 7) is 4.91. The third-order valence-electron chi connectivity index (χ3n) is 4.21. The van der Waals surface area contributed by atoms with Gasteiger partial charge in [-0.1, -0.05) is 30.3 Å². The number of likely N-dealkylation sites (N-methyl/N-ethyl adjacent to an activating group) is 1. The Morgan fingerprint density at radius 2 is 1.85 bits per heavy atom. The molecule has 1 atom stereocenters. The molecule has 2 aromatic carbocycles. The van der Waals surface area contributed by atoms with E-state index in [-0.39, 0.29) is 6.61 Å². The van der Waals surface area contributed by atoms with Crippen LogP contribution in [0.2, 0.25) is 0 Å². The Labute approximate surface area is 155 Å². The molecule has 26 heavy (non-hydrogen) atoms. The minimum atomic E-state index is -0.529. The first-order valence-corrected chi connectivity index (χ1v) is 8.91. The summed E-state index contributed by atoms with van der Waals surface area (Å²) < 4.78 is 11.9. The Kier molecular flexibility index (Phi) is 5.35. The first-order chi connectivity index (χ1) is 12.3. The fourth-order valence-electron chi connectivity index (χ4n) is 3.16. The highest BCUT2D eigenvalue weighted by molar-refractivity contribution is 5.85. The number of aliphatic hydroxyl groups excluding tert-OH is 1. The van der Waals surface area contributed by atoms with E-state index in [1.165, 1.54) is 5.56 Å². The molecule has 3 rings (SSSR count). The maximum atomic E-state index is 9.99. The van der Waals surface area contributed by atoms with Gasteiger partial charge in [-0.05, 0) is 57.3 Å². The largest absolute Gasteiger partial charge is 0.491 e. The molecule has 2 aromatic rings. The maximum Gasteiger partial charge on any atom is 0.132 e. The molecular formula is C22H27NO3. The molecule has 138 valence electrons. The molecule has 0 aliphatic carbocycles. The van der Waals surface area contributed by atoms with Crippen molar-refractivity contribution in [1.29, 1.82) is 0 Å². The van der Waals surface area contributed by atoms with E-state index in [1.54, 1.807) is 0 Å². The van der Waals surface area contributed by atoms with Crippen LogP contribution in [0, 0.1) is 0 Å². The molecule has 0 saturated carbocycles. The Morgan fingerprint density at radius 3 is 2.54 bits per heavy atom. The molecule has 0 aromatic heterocycles. The zero-order valence-corrected chi connectivity index (χ0v) is 15.9. The van der Waals surface area contributed by atoms with Gasteiger partial charge in [0.25, 0.3) is 0 Å². The second-order valence-corrected chi connectivity index (χ2v) is 7.51. The Hall–Kier alpha value is -2.30. The van der Waals surface area contributed by atoms with Gasteiger partial charge in [0.05, 0.1) is 0 Å². The molecule has 4 heteroatoms. The quantitative estimate of drug-likeness (QED) is 0.862. The van der Waals surface area contributed by atoms with Crippen molar-refractivity contribution in [2.45, 2.75) is 25.6 Å². The number of aliphatic hydroxyl groups is 1. The Bertz CT molecular complexity index is 781. The normalized spacial score (nSPS) is 16.5. The topological polar surface area (TPSA) is 41.9 Å². The molecular weight excluding hydrogens is 326 g/mol. The second kappa shape index (κ2) is 7.52. The summed E-state index contributed by atoms with van der Waals surface area (Å²) in [7, 11) is 3.85. The molecule has 0 radical (unpaired) electrons. The first kappa shape index (κ1) is 18.5. The number of rotatable bonds is 6. The lowest BCUT2D eigenvalue weighted by Crippen LogP contribution is -2.31. The predicted molar refractivity (Wildman–Crippen MR) is 105 cm³/mol. The van der Waals surface area contributed by atoms with Crippen LogP contribution in [-0.2, 0) is 0 Å². The number of ether oxygens (including phenoxy) is 2. The molecule has 1 N–H and O–H groups in total. The number of nitrogens with zero attached hydrogens (tertiary/aromatic N) is 1. The van der Waals surface area contributed by atoms with Crippen molar-refractivity contribution in [3.8, 4) is 11.5 Å². The summed E-state index contributed by atoms with van der Waals surface area (Å²) in [6, 6.07) is 16.2. The SMILES string of the molecule is CN(C)CC(O)COc1ccc2c(c1)OC(C)(C)C=C2c1ccccc1. The lowest BCUT2D eigenvalue weighted by Gasteiger charge is -2.31. The van der Waals surface area contributed by atoms with Crippen LogP contribution >= 0.6 is 0 Å². The van der Waals surface area contributed by atoms with E-state index in [2.05, 4.69) is 18.2 Å². The average Bonchev–Trinajstić information content (AvgIpc) is 2.58. The van der Waals surface area contributed by atoms with Gasteiger partial charge in [0.15, 0.2) is 0 Å². The van der Waals surface area contributed by atoms with Crippen molar-refractivity contribution in [2.24, 2.45) is 0 Å². The number of hydrogen-bond donors (Lipinski definition) is 1. The van der Waals surface area contributed by atoms with E-state index < -0.39 is 11.7 Å². The van der Waals surface area contributed by atoms with Crippen LogP contribution in [0.4, 0.5) is 0 Å². The minimum absolute atomic E-state index is 0.252. The molecule has 0 fully saturated rings. The van der Waals surface area contributed by atoms with Crippen LogP contribution < -0.4 is 9.47 Å². The van der Waals surface area contributed by atoms with Crippen molar-refractivity contribution in [1.82, 2.24) is 4.90 Å². The van der Waals surface area contributed by atoms with Gasteiger partial charge < -0.3 is 19.5 Å². The molecule has 1 aliphatic rings. The monoisotopic (exact) mass is 353 g/mol. The van der Waals surface area contributed by atoms with Crippen LogP contribution in [0.25, 0.3) is 5.57 Å². The highest BCUT2D eigenvalue weighted by atomic mass is 16.5. The van der Waals surface area contributed by atoms with Crippen LogP contribution in [0.5, 0.6) is 11.5 Å². The second-order valence-electron chi connectivity index (χ2n) is 7.51. The molecule has 0 saturated heterocycles. The van der Waals surface area contributed by atoms with Gasteiger partial charge in [-0.3, -0.25) is 0 Å². The van der Waals surface area contributed by atoms with E-state index >= 15 is 0 Å². The van der Waals surface area contributed by atoms with E-state index in [4.69, 9.17) is 9.47 Å². The molecule has 1 unspecified atom stereocenters. The predicted octanol–water partition coefficient (Wildman–Crippen LogP) is 3.59. The first-order valence-electron chi connectivity index (χ1n) is 8.91. The summed E-state index contributed by atoms with van der Waals surface area (Å²) >= 11 is 0. The smallest absolute Gasteiger partial charge is 0.132 e. The highest BCUT2D eigenvalue weighted by Crippen LogP contribution is 2.41. The van der Waals surface area contributed by atoms with Gasteiger partial charge >= 0.3 is 0 Å². The third-order valence-corrected chi connectivity index (χ3v) is 4.21. The van der Waals surface area contributed by atoms with E-state index in [9.17, 15) is 5.11 Å². The Balaban J connectivity index is 1.84. The van der Waals surface area contributed by atoms with E-state index in [1.807, 2.05) is 69.2 Å². The van der Waals surface area contributed by atoms with Gasteiger partial charge in [0, 0.05) is 18.2 Å². The van der Waals surface area contributed by atoms with Crippen LogP contribution in [0.1, 0.15) is 25.0 Å². The van der Waals surface area contributed by atoms with Crippen LogP contribution in [0.15, 0.2) is 54.6 Å². The highest BCUT2D eigenvalue weighted by Gasteiger charge is 2.27. The lowest BCUT2D eigenvalue weighted by molar-refractivity contribution is 0.0826. The maximum absolute atomic E-state index is 9.99. The fourth-order valence-corrected chi connectivity index (χ4v) is 3.16. The number of hydrogen-bond acceptors (Lipinski definition) is 4. The van der Waals surface area contributed by atoms with E-state index in [0.29, 0.717) is 12.3 Å². The van der Waals surface area contributed by atoms with Gasteiger partial charge in [0.1, 0.15) is 29.8 Å². The summed E-state index contributed by atoms with van der Waals surface area (Å²) in [5, 5.41) is 9.99. The van der Waals surface area contributed by atoms with Crippen LogP contribution in [-0.4, -0.2) is 49.0 Å². The molecule has 0 amide bonds. The van der Waals surface area contributed by atoms with Gasteiger partial charge in [0.2, 0.25) is 0 Å². The zero-order valence-electron chi connectivity index (χ0n) is 15.9. The van der Waals surface area contributed by atoms with E-state index in [0.717, 1.165) is 16.9 Å². The van der Waals surface area contributed by atoms with Crippen molar-refractivity contribution in [3.05, 3.63) is 65.7 Å². The average molecular weight is 353 g/mol. The van der Waals surface area contributed by atoms with Crippen molar-refractivity contribution < 1.29 is 14.6 Å². The van der Waals surface area contributed by atoms with Gasteiger partial charge in [-0.2, -0.15) is 0 Å². The fraction of sp³-hybridized carbons (Fsp3) is 0.364. The van der Waals surface area contributed by atoms with Crippen molar-refractivity contribution in [3.63, 3.8) is 0 Å². The third kappa shape index (κ3) is 4.45. The summed E-state index contributed by atoms with van der Waals surface area (Å²) in [5.74, 6) is 1.50. The van der Waals surface area contributed by atoms with Gasteiger partial charge in [-0.25, -0.2) is 0 Å². The lowest BCUT2D eigenvalue weighted by atomic mass is 9.90. The minimum Gasteiger partial charge on any atom is -0.491 e. The van der Waals surface area contributed by atoms with Crippen molar-refractivity contribution >= 4 is 5.57 Å². The number of fused-ring (bicyclic) bond motifs is 1. The molecule has 0 spiro atoms. The van der Waals surface area contributed by atoms with Gasteiger partial charge in [-0.15, -0.1) is 0 Å². The van der Waals surface area contributed by atoms with Crippen LogP contribution in [0.3, 0.4) is 0 Å². The molecule has 0 bridgehead atoms. The summed E-state index contributed by atoms with van der Waals surface area (Å²) in [4.78, 5) is 1.93.